The fraction of sp³-hybridized carbons (Fsp3) is 0.0377. The first-order valence-corrected chi connectivity index (χ1v) is 19.5. The maximum absolute atomic E-state index is 5.30. The minimum Gasteiger partial charge on any atom is -0.307 e. The summed E-state index contributed by atoms with van der Waals surface area (Å²) < 4.78 is 5.00. The van der Waals surface area contributed by atoms with Crippen molar-refractivity contribution in [2.75, 3.05) is 0 Å². The molecule has 3 nitrogen and oxygen atoms in total. The molecule has 264 valence electrons. The lowest BCUT2D eigenvalue weighted by Crippen LogP contribution is -2.02. The fourth-order valence-electron chi connectivity index (χ4n) is 8.73. The molecule has 0 N–H and O–H groups in total. The lowest BCUT2D eigenvalue weighted by atomic mass is 9.98. The van der Waals surface area contributed by atoms with Crippen LogP contribution in [0.5, 0.6) is 0 Å². The molecule has 0 bridgehead atoms. The Morgan fingerprint density at radius 1 is 0.375 bits per heavy atom. The molecule has 0 radical (unpaired) electrons. The molecular weight excluding hydrogens is 679 g/mol. The predicted octanol–water partition coefficient (Wildman–Crippen LogP) is 14.0. The first-order valence-electron chi connectivity index (χ1n) is 19.5. The van der Waals surface area contributed by atoms with E-state index < -0.39 is 0 Å². The summed E-state index contributed by atoms with van der Waals surface area (Å²) in [5.74, 6) is 0. The van der Waals surface area contributed by atoms with E-state index in [4.69, 9.17) is 4.98 Å². The van der Waals surface area contributed by atoms with E-state index in [1.54, 1.807) is 0 Å². The van der Waals surface area contributed by atoms with Crippen molar-refractivity contribution >= 4 is 49.2 Å². The first-order chi connectivity index (χ1) is 27.8. The number of rotatable bonds is 6. The molecule has 1 aliphatic carbocycles. The summed E-state index contributed by atoms with van der Waals surface area (Å²) in [7, 11) is 0. The molecule has 11 rings (SSSR count). The Balaban J connectivity index is 1.28. The quantitative estimate of drug-likeness (QED) is 0.168. The third kappa shape index (κ3) is 5.32. The second-order valence-corrected chi connectivity index (χ2v) is 14.7. The molecule has 0 amide bonds. The Kier molecular flexibility index (Phi) is 7.63. The lowest BCUT2D eigenvalue weighted by molar-refractivity contribution is 1.04. The second-order valence-electron chi connectivity index (χ2n) is 14.7. The van der Waals surface area contributed by atoms with Gasteiger partial charge in [0.05, 0.1) is 39.1 Å². The van der Waals surface area contributed by atoms with Crippen LogP contribution in [0.25, 0.3) is 94.1 Å². The number of hydrogen-bond donors (Lipinski definition) is 0. The van der Waals surface area contributed by atoms with E-state index >= 15 is 0 Å². The van der Waals surface area contributed by atoms with Gasteiger partial charge in [-0.25, -0.2) is 4.98 Å². The molecule has 0 unspecified atom stereocenters. The van der Waals surface area contributed by atoms with E-state index in [9.17, 15) is 0 Å². The van der Waals surface area contributed by atoms with Crippen LogP contribution in [0, 0.1) is 0 Å². The van der Waals surface area contributed by atoms with E-state index in [0.29, 0.717) is 0 Å². The number of aromatic nitrogens is 3. The second kappa shape index (κ2) is 13.3. The smallest absolute Gasteiger partial charge is 0.0788 e. The third-order valence-corrected chi connectivity index (χ3v) is 11.3. The number of para-hydroxylation sites is 2. The van der Waals surface area contributed by atoms with Crippen molar-refractivity contribution in [3.63, 3.8) is 0 Å². The molecule has 0 spiro atoms. The summed E-state index contributed by atoms with van der Waals surface area (Å²) in [4.78, 5) is 5.30. The van der Waals surface area contributed by atoms with Crippen LogP contribution in [-0.4, -0.2) is 14.1 Å². The molecule has 56 heavy (non-hydrogen) atoms. The molecule has 3 aromatic heterocycles. The summed E-state index contributed by atoms with van der Waals surface area (Å²) in [5, 5.41) is 4.89. The molecule has 7 aromatic carbocycles. The van der Waals surface area contributed by atoms with E-state index in [1.807, 2.05) is 0 Å². The molecule has 3 heteroatoms. The van der Waals surface area contributed by atoms with Gasteiger partial charge in [0.25, 0.3) is 0 Å². The van der Waals surface area contributed by atoms with E-state index in [2.05, 4.69) is 209 Å². The zero-order valence-corrected chi connectivity index (χ0v) is 30.8. The topological polar surface area (TPSA) is 22.8 Å². The number of hydrogen-bond acceptors (Lipinski definition) is 1. The molecule has 0 fully saturated rings. The largest absolute Gasteiger partial charge is 0.307 e. The monoisotopic (exact) mass is 715 g/mol. The Hall–Kier alpha value is -7.23. The average Bonchev–Trinajstić information content (AvgIpc) is 3.81. The van der Waals surface area contributed by atoms with Gasteiger partial charge >= 0.3 is 0 Å². The van der Waals surface area contributed by atoms with Gasteiger partial charge in [-0.2, -0.15) is 0 Å². The molecule has 0 saturated carbocycles. The van der Waals surface area contributed by atoms with Gasteiger partial charge in [-0.3, -0.25) is 0 Å². The Morgan fingerprint density at radius 3 is 1.39 bits per heavy atom. The van der Waals surface area contributed by atoms with Crippen molar-refractivity contribution < 1.29 is 0 Å². The summed E-state index contributed by atoms with van der Waals surface area (Å²) in [6, 6.07) is 66.0. The van der Waals surface area contributed by atoms with Crippen LogP contribution in [0.1, 0.15) is 18.5 Å². The van der Waals surface area contributed by atoms with E-state index in [0.717, 1.165) is 41.2 Å². The Labute approximate surface area is 325 Å². The molecule has 1 aliphatic rings. The van der Waals surface area contributed by atoms with Crippen molar-refractivity contribution in [1.29, 1.82) is 0 Å². The van der Waals surface area contributed by atoms with Crippen LogP contribution in [0.4, 0.5) is 0 Å². The zero-order valence-electron chi connectivity index (χ0n) is 30.8. The van der Waals surface area contributed by atoms with Crippen LogP contribution in [-0.2, 0) is 0 Å². The van der Waals surface area contributed by atoms with Gasteiger partial charge in [-0.15, -0.1) is 0 Å². The number of allylic oxidation sites excluding steroid dienone is 4. The highest BCUT2D eigenvalue weighted by atomic mass is 15.0. The van der Waals surface area contributed by atoms with Crippen LogP contribution in [0.2, 0.25) is 0 Å². The molecule has 0 saturated heterocycles. The normalized spacial score (nSPS) is 12.9. The van der Waals surface area contributed by atoms with Gasteiger partial charge in [0, 0.05) is 32.8 Å². The van der Waals surface area contributed by atoms with E-state index in [1.165, 1.54) is 71.4 Å². The van der Waals surface area contributed by atoms with Crippen molar-refractivity contribution in [2.45, 2.75) is 12.8 Å². The van der Waals surface area contributed by atoms with Gasteiger partial charge < -0.3 is 9.13 Å². The Bertz CT molecular complexity index is 3110. The highest BCUT2D eigenvalue weighted by molar-refractivity contribution is 6.24. The standard InChI is InChI=1S/C53H37N3/c1-5-17-36(18-6-1)40-31-41(37-19-7-2-8-20-37)33-42(32-40)55-50-27-15-13-25-44(50)46-29-30-47-45-26-14-16-28-51(45)56(53(47)52(46)55)43-34-48(38-21-9-3-10-22-38)54-49(35-43)39-23-11-4-12-24-39/h1-3,5-11,13-35H,4,12H2. The minimum atomic E-state index is 0.958. The summed E-state index contributed by atoms with van der Waals surface area (Å²) >= 11 is 0. The number of fused-ring (bicyclic) bond motifs is 7. The SMILES string of the molecule is C1=CC(c2cc(-n3c4ccccc4c4ccc5c6ccccc6n(-c6cc(-c7ccccc7)cc(-c7ccccc7)c6)c5c43)cc(-c3ccccc3)n2)=CCC1. The van der Waals surface area contributed by atoms with Gasteiger partial charge in [0.1, 0.15) is 0 Å². The number of benzene rings is 7. The first kappa shape index (κ1) is 32.2. The van der Waals surface area contributed by atoms with Gasteiger partial charge in [-0.1, -0.05) is 158 Å². The molecular formula is C53H37N3. The van der Waals surface area contributed by atoms with Gasteiger partial charge in [0.2, 0.25) is 0 Å². The highest BCUT2D eigenvalue weighted by Gasteiger charge is 2.23. The van der Waals surface area contributed by atoms with E-state index in [-0.39, 0.29) is 0 Å². The maximum Gasteiger partial charge on any atom is 0.0788 e. The lowest BCUT2D eigenvalue weighted by Gasteiger charge is -2.17. The van der Waals surface area contributed by atoms with Crippen LogP contribution in [0.15, 0.2) is 200 Å². The van der Waals surface area contributed by atoms with Crippen molar-refractivity contribution in [1.82, 2.24) is 14.1 Å². The van der Waals surface area contributed by atoms with Crippen molar-refractivity contribution in [3.8, 4) is 44.9 Å². The summed E-state index contributed by atoms with van der Waals surface area (Å²) in [6.45, 7) is 0. The molecule has 3 heterocycles. The third-order valence-electron chi connectivity index (χ3n) is 11.3. The van der Waals surface area contributed by atoms with Crippen molar-refractivity contribution in [2.24, 2.45) is 0 Å². The summed E-state index contributed by atoms with van der Waals surface area (Å²) in [6.07, 6.45) is 8.90. The van der Waals surface area contributed by atoms with Gasteiger partial charge in [-0.05, 0) is 83.1 Å². The van der Waals surface area contributed by atoms with Crippen LogP contribution < -0.4 is 0 Å². The van der Waals surface area contributed by atoms with Crippen LogP contribution >= 0.6 is 0 Å². The molecule has 0 atom stereocenters. The number of pyridine rings is 1. The maximum atomic E-state index is 5.30. The molecule has 10 aromatic rings. The minimum absolute atomic E-state index is 0.958. The predicted molar refractivity (Wildman–Crippen MR) is 236 cm³/mol. The van der Waals surface area contributed by atoms with Crippen molar-refractivity contribution in [3.05, 3.63) is 206 Å². The Morgan fingerprint density at radius 2 is 0.857 bits per heavy atom. The zero-order chi connectivity index (χ0) is 37.0. The summed E-state index contributed by atoms with van der Waals surface area (Å²) in [5.41, 5.74) is 15.9. The molecule has 0 aliphatic heterocycles. The van der Waals surface area contributed by atoms with Crippen LogP contribution in [0.3, 0.4) is 0 Å². The average molecular weight is 716 g/mol. The van der Waals surface area contributed by atoms with Gasteiger partial charge in [0.15, 0.2) is 0 Å². The number of nitrogens with zero attached hydrogens (tertiary/aromatic N) is 3. The highest BCUT2D eigenvalue weighted by Crippen LogP contribution is 2.43. The fourth-order valence-corrected chi connectivity index (χ4v) is 8.73.